The number of nitrogens with one attached hydrogen (secondary N) is 1. The zero-order valence-corrected chi connectivity index (χ0v) is 17.5. The summed E-state index contributed by atoms with van der Waals surface area (Å²) in [6.45, 7) is 1.45. The van der Waals surface area contributed by atoms with Crippen LogP contribution in [0.3, 0.4) is 0 Å². The average molecular weight is 418 g/mol. The van der Waals surface area contributed by atoms with Crippen LogP contribution in [-0.4, -0.2) is 29.6 Å². The van der Waals surface area contributed by atoms with Gasteiger partial charge in [0.15, 0.2) is 6.61 Å². The molecule has 3 aromatic carbocycles. The predicted molar refractivity (Wildman–Crippen MR) is 119 cm³/mol. The molecule has 5 heteroatoms. The Balaban J connectivity index is 1.60. The van der Waals surface area contributed by atoms with Gasteiger partial charge in [-0.2, -0.15) is 0 Å². The quantitative estimate of drug-likeness (QED) is 0.522. The van der Waals surface area contributed by atoms with Gasteiger partial charge in [0, 0.05) is 6.04 Å². The molecule has 0 saturated carbocycles. The molecular formula is C26H27NO4. The fourth-order valence-electron chi connectivity index (χ4n) is 3.41. The number of ether oxygens (including phenoxy) is 1. The molecule has 0 spiro atoms. The summed E-state index contributed by atoms with van der Waals surface area (Å²) in [5.74, 6) is -1.30. The van der Waals surface area contributed by atoms with E-state index in [0.717, 1.165) is 12.8 Å². The Morgan fingerprint density at radius 3 is 1.87 bits per heavy atom. The predicted octanol–water partition coefficient (Wildman–Crippen LogP) is 3.60. The maximum Gasteiger partial charge on any atom is 0.348 e. The highest BCUT2D eigenvalue weighted by Gasteiger charge is 2.41. The van der Waals surface area contributed by atoms with Crippen molar-refractivity contribution in [3.8, 4) is 0 Å². The first kappa shape index (κ1) is 22.2. The van der Waals surface area contributed by atoms with Crippen LogP contribution < -0.4 is 5.32 Å². The average Bonchev–Trinajstić information content (AvgIpc) is 2.82. The SMILES string of the molecule is C[C@H](CCc1ccccc1)NC(=O)COC(=O)C(O)(c1ccccc1)c1ccccc1. The molecule has 0 unspecified atom stereocenters. The molecule has 5 nitrogen and oxygen atoms in total. The van der Waals surface area contributed by atoms with E-state index in [9.17, 15) is 14.7 Å². The number of hydrogen-bond acceptors (Lipinski definition) is 4. The van der Waals surface area contributed by atoms with E-state index in [1.807, 2.05) is 37.3 Å². The molecule has 0 fully saturated rings. The van der Waals surface area contributed by atoms with E-state index in [2.05, 4.69) is 5.32 Å². The van der Waals surface area contributed by atoms with E-state index in [1.165, 1.54) is 5.56 Å². The summed E-state index contributed by atoms with van der Waals surface area (Å²) in [4.78, 5) is 25.2. The van der Waals surface area contributed by atoms with Gasteiger partial charge in [0.1, 0.15) is 0 Å². The molecule has 0 saturated heterocycles. The number of carbonyl (C=O) groups excluding carboxylic acids is 2. The highest BCUT2D eigenvalue weighted by atomic mass is 16.6. The van der Waals surface area contributed by atoms with Crippen LogP contribution in [0.2, 0.25) is 0 Å². The van der Waals surface area contributed by atoms with Crippen molar-refractivity contribution in [2.75, 3.05) is 6.61 Å². The molecule has 160 valence electrons. The van der Waals surface area contributed by atoms with Gasteiger partial charge < -0.3 is 15.2 Å². The smallest absolute Gasteiger partial charge is 0.348 e. The zero-order chi connectivity index (χ0) is 22.1. The van der Waals surface area contributed by atoms with E-state index in [4.69, 9.17) is 4.74 Å². The van der Waals surface area contributed by atoms with Crippen LogP contribution >= 0.6 is 0 Å². The topological polar surface area (TPSA) is 75.6 Å². The summed E-state index contributed by atoms with van der Waals surface area (Å²) in [6.07, 6.45) is 1.60. The van der Waals surface area contributed by atoms with Crippen molar-refractivity contribution in [3.05, 3.63) is 108 Å². The molecule has 31 heavy (non-hydrogen) atoms. The Bertz CT molecular complexity index is 935. The van der Waals surface area contributed by atoms with Crippen molar-refractivity contribution in [1.29, 1.82) is 0 Å². The monoisotopic (exact) mass is 417 g/mol. The summed E-state index contributed by atoms with van der Waals surface area (Å²) in [7, 11) is 0. The second-order valence-electron chi connectivity index (χ2n) is 7.51. The minimum Gasteiger partial charge on any atom is -0.453 e. The van der Waals surface area contributed by atoms with E-state index in [-0.39, 0.29) is 6.04 Å². The summed E-state index contributed by atoms with van der Waals surface area (Å²) in [5.41, 5.74) is -0.0432. The lowest BCUT2D eigenvalue weighted by molar-refractivity contribution is -0.164. The van der Waals surface area contributed by atoms with Gasteiger partial charge in [-0.05, 0) is 36.5 Å². The molecule has 1 atom stereocenters. The first-order valence-corrected chi connectivity index (χ1v) is 10.3. The van der Waals surface area contributed by atoms with Crippen LogP contribution in [0.5, 0.6) is 0 Å². The second kappa shape index (κ2) is 10.5. The van der Waals surface area contributed by atoms with E-state index in [0.29, 0.717) is 11.1 Å². The number of amides is 1. The van der Waals surface area contributed by atoms with Crippen LogP contribution in [0.1, 0.15) is 30.0 Å². The summed E-state index contributed by atoms with van der Waals surface area (Å²) in [6, 6.07) is 27.1. The van der Waals surface area contributed by atoms with Gasteiger partial charge in [-0.25, -0.2) is 4.79 Å². The third-order valence-corrected chi connectivity index (χ3v) is 5.13. The molecule has 0 bridgehead atoms. The van der Waals surface area contributed by atoms with Gasteiger partial charge in [0.2, 0.25) is 5.60 Å². The fourth-order valence-corrected chi connectivity index (χ4v) is 3.41. The van der Waals surface area contributed by atoms with Gasteiger partial charge in [0.05, 0.1) is 0 Å². The van der Waals surface area contributed by atoms with Crippen LogP contribution in [0.15, 0.2) is 91.0 Å². The summed E-state index contributed by atoms with van der Waals surface area (Å²) < 4.78 is 5.24. The van der Waals surface area contributed by atoms with Gasteiger partial charge in [-0.15, -0.1) is 0 Å². The van der Waals surface area contributed by atoms with Crippen molar-refractivity contribution >= 4 is 11.9 Å². The van der Waals surface area contributed by atoms with Crippen LogP contribution in [-0.2, 0) is 26.3 Å². The van der Waals surface area contributed by atoms with E-state index < -0.39 is 24.1 Å². The van der Waals surface area contributed by atoms with Gasteiger partial charge in [-0.3, -0.25) is 4.79 Å². The Kier molecular flexibility index (Phi) is 7.57. The minimum absolute atomic E-state index is 0.0754. The third-order valence-electron chi connectivity index (χ3n) is 5.13. The number of aryl methyl sites for hydroxylation is 1. The molecule has 0 aliphatic rings. The zero-order valence-electron chi connectivity index (χ0n) is 17.5. The van der Waals surface area contributed by atoms with Crippen molar-refractivity contribution in [3.63, 3.8) is 0 Å². The Labute approximate surface area is 182 Å². The minimum atomic E-state index is -2.00. The lowest BCUT2D eigenvalue weighted by Gasteiger charge is -2.27. The van der Waals surface area contributed by atoms with Gasteiger partial charge >= 0.3 is 5.97 Å². The number of aliphatic hydroxyl groups is 1. The fraction of sp³-hybridized carbons (Fsp3) is 0.231. The highest BCUT2D eigenvalue weighted by molar-refractivity contribution is 5.88. The van der Waals surface area contributed by atoms with Crippen molar-refractivity contribution in [2.45, 2.75) is 31.4 Å². The number of rotatable bonds is 9. The highest BCUT2D eigenvalue weighted by Crippen LogP contribution is 2.30. The largest absolute Gasteiger partial charge is 0.453 e. The molecule has 0 radical (unpaired) electrons. The molecule has 3 rings (SSSR count). The Morgan fingerprint density at radius 1 is 0.871 bits per heavy atom. The molecule has 3 aromatic rings. The second-order valence-corrected chi connectivity index (χ2v) is 7.51. The first-order chi connectivity index (χ1) is 15.0. The maximum absolute atomic E-state index is 12.9. The van der Waals surface area contributed by atoms with Gasteiger partial charge in [0.25, 0.3) is 5.91 Å². The first-order valence-electron chi connectivity index (χ1n) is 10.3. The number of esters is 1. The maximum atomic E-state index is 12.9. The number of carbonyl (C=O) groups is 2. The summed E-state index contributed by atoms with van der Waals surface area (Å²) >= 11 is 0. The number of benzene rings is 3. The number of hydrogen-bond donors (Lipinski definition) is 2. The van der Waals surface area contributed by atoms with Gasteiger partial charge in [-0.1, -0.05) is 91.0 Å². The van der Waals surface area contributed by atoms with Crippen LogP contribution in [0.4, 0.5) is 0 Å². The molecule has 2 N–H and O–H groups in total. The molecular weight excluding hydrogens is 390 g/mol. The van der Waals surface area contributed by atoms with Crippen molar-refractivity contribution in [2.24, 2.45) is 0 Å². The third kappa shape index (κ3) is 5.80. The van der Waals surface area contributed by atoms with Crippen molar-refractivity contribution < 1.29 is 19.4 Å². The lowest BCUT2D eigenvalue weighted by Crippen LogP contribution is -2.42. The molecule has 0 aliphatic carbocycles. The molecule has 0 aliphatic heterocycles. The lowest BCUT2D eigenvalue weighted by atomic mass is 9.86. The molecule has 0 heterocycles. The van der Waals surface area contributed by atoms with E-state index >= 15 is 0 Å². The van der Waals surface area contributed by atoms with Crippen molar-refractivity contribution in [1.82, 2.24) is 5.32 Å². The molecule has 1 amide bonds. The standard InChI is InChI=1S/C26H27NO4/c1-20(17-18-21-11-5-2-6-12-21)27-24(28)19-31-25(29)26(30,22-13-7-3-8-14-22)23-15-9-4-10-16-23/h2-16,20,30H,17-19H2,1H3,(H,27,28)/t20-/m1/s1. The van der Waals surface area contributed by atoms with Crippen LogP contribution in [0, 0.1) is 0 Å². The summed E-state index contributed by atoms with van der Waals surface area (Å²) in [5, 5.41) is 14.2. The van der Waals surface area contributed by atoms with Crippen LogP contribution in [0.25, 0.3) is 0 Å². The van der Waals surface area contributed by atoms with E-state index in [1.54, 1.807) is 60.7 Å². The molecule has 0 aromatic heterocycles. The Hall–Kier alpha value is -3.44. The Morgan fingerprint density at radius 2 is 1.35 bits per heavy atom. The normalized spacial score (nSPS) is 12.1.